The average Bonchev–Trinajstić information content (AvgIpc) is 2.44. The number of carbonyl (C=O) groups excluding carboxylic acids is 1. The minimum atomic E-state index is -0.808. The molecule has 0 spiro atoms. The normalized spacial score (nSPS) is 10.2. The number of nitrogens with one attached hydrogen (secondary N) is 1. The van der Waals surface area contributed by atoms with Gasteiger partial charge in [0.2, 0.25) is 0 Å². The largest absolute Gasteiger partial charge is 0.490 e. The lowest BCUT2D eigenvalue weighted by Gasteiger charge is -2.10. The molecule has 6 heteroatoms. The molecule has 0 fully saturated rings. The van der Waals surface area contributed by atoms with Crippen molar-refractivity contribution in [2.45, 2.75) is 6.92 Å². The number of pyridine rings is 1. The molecule has 0 saturated carbocycles. The van der Waals surface area contributed by atoms with Crippen LogP contribution in [0.1, 0.15) is 17.3 Å². The minimum absolute atomic E-state index is 0.156. The summed E-state index contributed by atoms with van der Waals surface area (Å²) in [6.07, 6.45) is 1.46. The molecular formula is C14H12F2N2O2. The number of carbonyl (C=O) groups is 1. The Labute approximate surface area is 114 Å². The van der Waals surface area contributed by atoms with Crippen molar-refractivity contribution in [1.29, 1.82) is 0 Å². The van der Waals surface area contributed by atoms with Crippen LogP contribution in [0.2, 0.25) is 0 Å². The number of amides is 1. The fraction of sp³-hybridized carbons (Fsp3) is 0.143. The third-order valence-electron chi connectivity index (χ3n) is 2.48. The molecule has 0 radical (unpaired) electrons. The van der Waals surface area contributed by atoms with Gasteiger partial charge in [-0.1, -0.05) is 0 Å². The summed E-state index contributed by atoms with van der Waals surface area (Å²) in [6, 6.07) is 5.93. The first-order valence-electron chi connectivity index (χ1n) is 5.96. The molecule has 1 heterocycles. The smallest absolute Gasteiger partial charge is 0.259 e. The maximum Gasteiger partial charge on any atom is 0.259 e. The summed E-state index contributed by atoms with van der Waals surface area (Å²) in [4.78, 5) is 15.9. The predicted octanol–water partition coefficient (Wildman–Crippen LogP) is 3.01. The Balaban J connectivity index is 2.26. The lowest BCUT2D eigenvalue weighted by atomic mass is 10.2. The number of ether oxygens (including phenoxy) is 1. The summed E-state index contributed by atoms with van der Waals surface area (Å²) >= 11 is 0. The molecule has 1 aromatic heterocycles. The van der Waals surface area contributed by atoms with Gasteiger partial charge in [0.1, 0.15) is 11.6 Å². The molecular weight excluding hydrogens is 266 g/mol. The SMILES string of the molecule is CCOc1cccnc1NC(=O)c1cc(F)ccc1F. The first-order chi connectivity index (χ1) is 9.61. The van der Waals surface area contributed by atoms with Gasteiger partial charge in [-0.25, -0.2) is 13.8 Å². The van der Waals surface area contributed by atoms with E-state index in [-0.39, 0.29) is 5.82 Å². The van der Waals surface area contributed by atoms with Crippen molar-refractivity contribution in [3.05, 3.63) is 53.7 Å². The number of rotatable bonds is 4. The third-order valence-corrected chi connectivity index (χ3v) is 2.48. The van der Waals surface area contributed by atoms with Crippen molar-refractivity contribution in [1.82, 2.24) is 4.98 Å². The van der Waals surface area contributed by atoms with Gasteiger partial charge >= 0.3 is 0 Å². The van der Waals surface area contributed by atoms with E-state index in [2.05, 4.69) is 10.3 Å². The second-order valence-corrected chi connectivity index (χ2v) is 3.86. The zero-order valence-corrected chi connectivity index (χ0v) is 10.7. The number of halogens is 2. The van der Waals surface area contributed by atoms with E-state index in [1.165, 1.54) is 6.20 Å². The highest BCUT2D eigenvalue weighted by Crippen LogP contribution is 2.22. The fourth-order valence-corrected chi connectivity index (χ4v) is 1.60. The van der Waals surface area contributed by atoms with Gasteiger partial charge in [-0.15, -0.1) is 0 Å². The molecule has 1 amide bonds. The van der Waals surface area contributed by atoms with E-state index in [9.17, 15) is 13.6 Å². The Morgan fingerprint density at radius 3 is 2.90 bits per heavy atom. The van der Waals surface area contributed by atoms with E-state index in [1.54, 1.807) is 19.1 Å². The van der Waals surface area contributed by atoms with Gasteiger partial charge in [-0.05, 0) is 37.3 Å². The van der Waals surface area contributed by atoms with Crippen molar-refractivity contribution in [2.75, 3.05) is 11.9 Å². The van der Waals surface area contributed by atoms with E-state index in [0.29, 0.717) is 12.4 Å². The molecule has 20 heavy (non-hydrogen) atoms. The Kier molecular flexibility index (Phi) is 4.24. The molecule has 2 aromatic rings. The summed E-state index contributed by atoms with van der Waals surface area (Å²) in [5, 5.41) is 2.40. The number of aromatic nitrogens is 1. The van der Waals surface area contributed by atoms with Crippen LogP contribution in [0.4, 0.5) is 14.6 Å². The fourth-order valence-electron chi connectivity index (χ4n) is 1.60. The number of anilines is 1. The van der Waals surface area contributed by atoms with Gasteiger partial charge in [0, 0.05) is 6.20 Å². The number of benzene rings is 1. The summed E-state index contributed by atoms with van der Waals surface area (Å²) in [7, 11) is 0. The Bertz CT molecular complexity index is 632. The summed E-state index contributed by atoms with van der Waals surface area (Å²) < 4.78 is 31.8. The molecule has 0 aliphatic rings. The van der Waals surface area contributed by atoms with Crippen LogP contribution < -0.4 is 10.1 Å². The van der Waals surface area contributed by atoms with Crippen LogP contribution in [0.5, 0.6) is 5.75 Å². The Morgan fingerprint density at radius 2 is 2.15 bits per heavy atom. The molecule has 104 valence electrons. The zero-order valence-electron chi connectivity index (χ0n) is 10.7. The quantitative estimate of drug-likeness (QED) is 0.935. The van der Waals surface area contributed by atoms with Gasteiger partial charge in [0.05, 0.1) is 12.2 Å². The van der Waals surface area contributed by atoms with E-state index >= 15 is 0 Å². The molecule has 0 aliphatic heterocycles. The third kappa shape index (κ3) is 3.09. The lowest BCUT2D eigenvalue weighted by Crippen LogP contribution is -2.16. The van der Waals surface area contributed by atoms with Gasteiger partial charge in [0.15, 0.2) is 11.6 Å². The topological polar surface area (TPSA) is 51.2 Å². The summed E-state index contributed by atoms with van der Waals surface area (Å²) in [5.41, 5.74) is -0.391. The highest BCUT2D eigenvalue weighted by atomic mass is 19.1. The zero-order chi connectivity index (χ0) is 14.5. The van der Waals surface area contributed by atoms with Gasteiger partial charge < -0.3 is 10.1 Å². The first-order valence-corrected chi connectivity index (χ1v) is 5.96. The van der Waals surface area contributed by atoms with Crippen LogP contribution in [0.3, 0.4) is 0 Å². The van der Waals surface area contributed by atoms with Crippen LogP contribution in [0.25, 0.3) is 0 Å². The van der Waals surface area contributed by atoms with E-state index in [0.717, 1.165) is 18.2 Å². The molecule has 0 aliphatic carbocycles. The molecule has 4 nitrogen and oxygen atoms in total. The van der Waals surface area contributed by atoms with Gasteiger partial charge in [0.25, 0.3) is 5.91 Å². The molecule has 0 bridgehead atoms. The monoisotopic (exact) mass is 278 g/mol. The second-order valence-electron chi connectivity index (χ2n) is 3.86. The molecule has 0 saturated heterocycles. The average molecular weight is 278 g/mol. The van der Waals surface area contributed by atoms with Crippen molar-refractivity contribution < 1.29 is 18.3 Å². The standard InChI is InChI=1S/C14H12F2N2O2/c1-2-20-12-4-3-7-17-13(12)18-14(19)10-8-9(15)5-6-11(10)16/h3-8H,2H2,1H3,(H,17,18,19). The van der Waals surface area contributed by atoms with Gasteiger partial charge in [-0.3, -0.25) is 4.79 Å². The van der Waals surface area contributed by atoms with Crippen molar-refractivity contribution in [2.24, 2.45) is 0 Å². The van der Waals surface area contributed by atoms with Crippen molar-refractivity contribution in [3.8, 4) is 5.75 Å². The van der Waals surface area contributed by atoms with Crippen LogP contribution in [0, 0.1) is 11.6 Å². The van der Waals surface area contributed by atoms with E-state index in [4.69, 9.17) is 4.74 Å². The predicted molar refractivity (Wildman–Crippen MR) is 69.7 cm³/mol. The molecule has 1 N–H and O–H groups in total. The molecule has 2 rings (SSSR count). The minimum Gasteiger partial charge on any atom is -0.490 e. The Morgan fingerprint density at radius 1 is 1.35 bits per heavy atom. The second kappa shape index (κ2) is 6.10. The highest BCUT2D eigenvalue weighted by Gasteiger charge is 2.15. The number of nitrogens with zero attached hydrogens (tertiary/aromatic N) is 1. The van der Waals surface area contributed by atoms with Gasteiger partial charge in [-0.2, -0.15) is 0 Å². The highest BCUT2D eigenvalue weighted by molar-refractivity contribution is 6.04. The lowest BCUT2D eigenvalue weighted by molar-refractivity contribution is 0.102. The number of hydrogen-bond acceptors (Lipinski definition) is 3. The summed E-state index contributed by atoms with van der Waals surface area (Å²) in [6.45, 7) is 2.17. The van der Waals surface area contributed by atoms with Crippen LogP contribution in [-0.2, 0) is 0 Å². The molecule has 0 atom stereocenters. The van der Waals surface area contributed by atoms with Crippen molar-refractivity contribution in [3.63, 3.8) is 0 Å². The molecule has 1 aromatic carbocycles. The Hall–Kier alpha value is -2.50. The van der Waals surface area contributed by atoms with Crippen molar-refractivity contribution >= 4 is 11.7 Å². The van der Waals surface area contributed by atoms with E-state index in [1.807, 2.05) is 0 Å². The summed E-state index contributed by atoms with van der Waals surface area (Å²) in [5.74, 6) is -1.77. The molecule has 0 unspecified atom stereocenters. The first kappa shape index (κ1) is 13.9. The number of hydrogen-bond donors (Lipinski definition) is 1. The van der Waals surface area contributed by atoms with Crippen LogP contribution in [0.15, 0.2) is 36.5 Å². The van der Waals surface area contributed by atoms with Crippen LogP contribution >= 0.6 is 0 Å². The maximum atomic E-state index is 13.5. The van der Waals surface area contributed by atoms with Crippen LogP contribution in [-0.4, -0.2) is 17.5 Å². The maximum absolute atomic E-state index is 13.5. The van der Waals surface area contributed by atoms with E-state index < -0.39 is 23.1 Å².